The van der Waals surface area contributed by atoms with Crippen molar-refractivity contribution in [3.63, 3.8) is 0 Å². The van der Waals surface area contributed by atoms with E-state index in [4.69, 9.17) is 0 Å². The van der Waals surface area contributed by atoms with E-state index in [2.05, 4.69) is 20.3 Å². The molecule has 1 fully saturated rings. The number of halogens is 1. The van der Waals surface area contributed by atoms with E-state index in [0.29, 0.717) is 33.8 Å². The molecular weight excluding hydrogens is 435 g/mol. The molecule has 8 nitrogen and oxygen atoms in total. The van der Waals surface area contributed by atoms with Gasteiger partial charge in [0.1, 0.15) is 23.5 Å². The number of rotatable bonds is 5. The molecule has 5 rings (SSSR count). The SMILES string of the molecule is Cn1cc(-c2cc(F)cc(CNC(=O)c3ncnc4nc(C5CCCC5)n(C)c34)c2)ccc1=O. The minimum atomic E-state index is -0.423. The van der Waals surface area contributed by atoms with Crippen molar-refractivity contribution in [3.05, 3.63) is 76.1 Å². The third-order valence-electron chi connectivity index (χ3n) is 6.47. The number of hydrogen-bond donors (Lipinski definition) is 1. The van der Waals surface area contributed by atoms with Gasteiger partial charge >= 0.3 is 0 Å². The third kappa shape index (κ3) is 4.09. The Bertz CT molecular complexity index is 1450. The molecule has 0 radical (unpaired) electrons. The molecule has 0 unspecified atom stereocenters. The van der Waals surface area contributed by atoms with Crippen molar-refractivity contribution in [2.75, 3.05) is 0 Å². The molecule has 1 saturated carbocycles. The Kier molecular flexibility index (Phi) is 5.69. The lowest BCUT2D eigenvalue weighted by atomic mass is 10.0. The van der Waals surface area contributed by atoms with Crippen LogP contribution in [-0.2, 0) is 20.6 Å². The maximum Gasteiger partial charge on any atom is 0.272 e. The number of carbonyl (C=O) groups excluding carboxylic acids is 1. The molecule has 0 aliphatic heterocycles. The summed E-state index contributed by atoms with van der Waals surface area (Å²) in [4.78, 5) is 37.9. The summed E-state index contributed by atoms with van der Waals surface area (Å²) in [5, 5.41) is 2.85. The number of pyridine rings is 1. The van der Waals surface area contributed by atoms with Crippen LogP contribution >= 0.6 is 0 Å². The Morgan fingerprint density at radius 1 is 1.12 bits per heavy atom. The Morgan fingerprint density at radius 2 is 1.91 bits per heavy atom. The minimum Gasteiger partial charge on any atom is -0.347 e. The van der Waals surface area contributed by atoms with Crippen molar-refractivity contribution in [2.24, 2.45) is 14.1 Å². The minimum absolute atomic E-state index is 0.119. The molecule has 4 aromatic rings. The summed E-state index contributed by atoms with van der Waals surface area (Å²) < 4.78 is 17.7. The van der Waals surface area contributed by atoms with Crippen molar-refractivity contribution in [1.82, 2.24) is 29.4 Å². The Hall–Kier alpha value is -3.88. The van der Waals surface area contributed by atoms with Gasteiger partial charge in [-0.3, -0.25) is 9.59 Å². The van der Waals surface area contributed by atoms with E-state index in [-0.39, 0.29) is 23.7 Å². The van der Waals surface area contributed by atoms with Crippen LogP contribution in [0.25, 0.3) is 22.3 Å². The van der Waals surface area contributed by atoms with Crippen LogP contribution in [0.2, 0.25) is 0 Å². The van der Waals surface area contributed by atoms with E-state index < -0.39 is 5.82 Å². The molecule has 1 aromatic carbocycles. The zero-order chi connectivity index (χ0) is 23.8. The molecule has 3 heterocycles. The highest BCUT2D eigenvalue weighted by Crippen LogP contribution is 2.34. The first-order valence-electron chi connectivity index (χ1n) is 11.3. The molecule has 0 saturated heterocycles. The van der Waals surface area contributed by atoms with Gasteiger partial charge in [-0.2, -0.15) is 0 Å². The largest absolute Gasteiger partial charge is 0.347 e. The fourth-order valence-electron chi connectivity index (χ4n) is 4.72. The van der Waals surface area contributed by atoms with E-state index in [1.165, 1.54) is 41.9 Å². The third-order valence-corrected chi connectivity index (χ3v) is 6.47. The maximum atomic E-state index is 14.3. The second-order valence-corrected chi connectivity index (χ2v) is 8.80. The molecule has 1 aliphatic carbocycles. The normalized spacial score (nSPS) is 14.1. The van der Waals surface area contributed by atoms with Gasteiger partial charge in [-0.25, -0.2) is 19.3 Å². The van der Waals surface area contributed by atoms with E-state index in [1.807, 2.05) is 11.6 Å². The van der Waals surface area contributed by atoms with Crippen LogP contribution in [0.4, 0.5) is 4.39 Å². The number of carbonyl (C=O) groups is 1. The van der Waals surface area contributed by atoms with Crippen LogP contribution in [0.5, 0.6) is 0 Å². The summed E-state index contributed by atoms with van der Waals surface area (Å²) in [7, 11) is 3.54. The number of aryl methyl sites for hydroxylation is 2. The topological polar surface area (TPSA) is 94.7 Å². The molecule has 0 spiro atoms. The average Bonchev–Trinajstić information content (AvgIpc) is 3.47. The van der Waals surface area contributed by atoms with E-state index in [9.17, 15) is 14.0 Å². The number of aromatic nitrogens is 5. The number of hydrogen-bond acceptors (Lipinski definition) is 5. The molecule has 9 heteroatoms. The van der Waals surface area contributed by atoms with E-state index in [0.717, 1.165) is 18.7 Å². The molecule has 174 valence electrons. The van der Waals surface area contributed by atoms with Gasteiger partial charge in [0.25, 0.3) is 5.91 Å². The molecule has 1 amide bonds. The highest BCUT2D eigenvalue weighted by Gasteiger charge is 2.25. The molecule has 0 atom stereocenters. The van der Waals surface area contributed by atoms with Crippen LogP contribution in [0.15, 0.2) is 47.7 Å². The molecule has 0 bridgehead atoms. The van der Waals surface area contributed by atoms with Gasteiger partial charge in [0.15, 0.2) is 11.3 Å². The van der Waals surface area contributed by atoms with Gasteiger partial charge < -0.3 is 14.5 Å². The maximum absolute atomic E-state index is 14.3. The summed E-state index contributed by atoms with van der Waals surface area (Å²) in [6, 6.07) is 7.67. The van der Waals surface area contributed by atoms with Gasteiger partial charge in [0.2, 0.25) is 5.56 Å². The quantitative estimate of drug-likeness (QED) is 0.492. The highest BCUT2D eigenvalue weighted by molar-refractivity contribution is 6.02. The predicted octanol–water partition coefficient (Wildman–Crippen LogP) is 3.46. The van der Waals surface area contributed by atoms with Crippen LogP contribution in [0, 0.1) is 5.82 Å². The number of nitrogens with one attached hydrogen (secondary N) is 1. The van der Waals surface area contributed by atoms with Gasteiger partial charge in [0, 0.05) is 38.8 Å². The number of imidazole rings is 1. The standard InChI is InChI=1S/C25H25FN6O2/c1-31-13-17(7-8-20(31)33)18-9-15(10-19(26)11-18)12-27-25(34)21-22-23(29-14-28-21)30-24(32(22)2)16-5-3-4-6-16/h7-11,13-14,16H,3-6,12H2,1-2H3,(H,27,34). The van der Waals surface area contributed by atoms with Crippen molar-refractivity contribution in [1.29, 1.82) is 0 Å². The number of nitrogens with zero attached hydrogens (tertiary/aromatic N) is 5. The van der Waals surface area contributed by atoms with E-state index in [1.54, 1.807) is 25.4 Å². The Labute approximate surface area is 195 Å². The van der Waals surface area contributed by atoms with Crippen LogP contribution in [0.3, 0.4) is 0 Å². The van der Waals surface area contributed by atoms with Gasteiger partial charge in [-0.1, -0.05) is 12.8 Å². The van der Waals surface area contributed by atoms with Gasteiger partial charge in [-0.15, -0.1) is 0 Å². The number of benzene rings is 1. The monoisotopic (exact) mass is 460 g/mol. The zero-order valence-corrected chi connectivity index (χ0v) is 19.1. The second-order valence-electron chi connectivity index (χ2n) is 8.80. The summed E-state index contributed by atoms with van der Waals surface area (Å²) in [5.41, 5.74) is 3.14. The lowest BCUT2D eigenvalue weighted by Gasteiger charge is -2.11. The second kappa shape index (κ2) is 8.81. The van der Waals surface area contributed by atoms with Gasteiger partial charge in [0.05, 0.1) is 0 Å². The van der Waals surface area contributed by atoms with Crippen molar-refractivity contribution in [3.8, 4) is 11.1 Å². The lowest BCUT2D eigenvalue weighted by Crippen LogP contribution is -2.25. The van der Waals surface area contributed by atoms with Crippen molar-refractivity contribution < 1.29 is 9.18 Å². The fraction of sp³-hybridized carbons (Fsp3) is 0.320. The molecule has 1 aliphatic rings. The van der Waals surface area contributed by atoms with E-state index >= 15 is 0 Å². The van der Waals surface area contributed by atoms with Crippen LogP contribution in [0.1, 0.15) is 53.5 Å². The van der Waals surface area contributed by atoms with Crippen LogP contribution < -0.4 is 10.9 Å². The predicted molar refractivity (Wildman–Crippen MR) is 126 cm³/mol. The van der Waals surface area contributed by atoms with Crippen LogP contribution in [-0.4, -0.2) is 30.0 Å². The Morgan fingerprint density at radius 3 is 2.68 bits per heavy atom. The summed E-state index contributed by atoms with van der Waals surface area (Å²) in [5.74, 6) is 0.515. The van der Waals surface area contributed by atoms with Gasteiger partial charge in [-0.05, 0) is 53.8 Å². The molecule has 1 N–H and O–H groups in total. The summed E-state index contributed by atoms with van der Waals surface area (Å²) in [6.07, 6.45) is 7.54. The lowest BCUT2D eigenvalue weighted by molar-refractivity contribution is 0.0947. The first kappa shape index (κ1) is 21.9. The number of fused-ring (bicyclic) bond motifs is 1. The summed E-state index contributed by atoms with van der Waals surface area (Å²) >= 11 is 0. The Balaban J connectivity index is 1.40. The molecular formula is C25H25FN6O2. The average molecular weight is 461 g/mol. The number of amides is 1. The highest BCUT2D eigenvalue weighted by atomic mass is 19.1. The molecule has 3 aromatic heterocycles. The fourth-order valence-corrected chi connectivity index (χ4v) is 4.72. The smallest absolute Gasteiger partial charge is 0.272 e. The first-order chi connectivity index (χ1) is 16.4. The molecule has 34 heavy (non-hydrogen) atoms. The summed E-state index contributed by atoms with van der Waals surface area (Å²) in [6.45, 7) is 0.119. The van der Waals surface area contributed by atoms with Crippen molar-refractivity contribution in [2.45, 2.75) is 38.1 Å². The first-order valence-corrected chi connectivity index (χ1v) is 11.3. The zero-order valence-electron chi connectivity index (χ0n) is 19.1. The van der Waals surface area contributed by atoms with Crippen molar-refractivity contribution >= 4 is 17.1 Å².